The van der Waals surface area contributed by atoms with Gasteiger partial charge in [-0.1, -0.05) is 80.9 Å². The van der Waals surface area contributed by atoms with Crippen molar-refractivity contribution in [1.29, 1.82) is 0 Å². The van der Waals surface area contributed by atoms with Gasteiger partial charge in [-0.05, 0) is 42.2 Å². The van der Waals surface area contributed by atoms with E-state index < -0.39 is 0 Å². The summed E-state index contributed by atoms with van der Waals surface area (Å²) in [5.41, 5.74) is 2.92. The van der Waals surface area contributed by atoms with Crippen molar-refractivity contribution in [3.05, 3.63) is 78.7 Å². The van der Waals surface area contributed by atoms with Crippen LogP contribution in [0.4, 0.5) is 0 Å². The lowest BCUT2D eigenvalue weighted by Gasteiger charge is -2.19. The zero-order valence-electron chi connectivity index (χ0n) is 12.5. The first kappa shape index (κ1) is 14.8. The third kappa shape index (κ3) is 4.23. The Morgan fingerprint density at radius 3 is 1.85 bits per heavy atom. The Labute approximate surface area is 123 Å². The molecule has 2 unspecified atom stereocenters. The molecule has 1 radical (unpaired) electrons. The van der Waals surface area contributed by atoms with E-state index in [1.165, 1.54) is 30.4 Å². The first-order chi connectivity index (χ1) is 9.81. The van der Waals surface area contributed by atoms with Gasteiger partial charge in [0.15, 0.2) is 0 Å². The van der Waals surface area contributed by atoms with E-state index in [-0.39, 0.29) is 0 Å². The third-order valence-electron chi connectivity index (χ3n) is 4.14. The first-order valence-corrected chi connectivity index (χ1v) is 7.70. The highest BCUT2D eigenvalue weighted by molar-refractivity contribution is 5.21. The van der Waals surface area contributed by atoms with Gasteiger partial charge in [0.1, 0.15) is 0 Å². The zero-order chi connectivity index (χ0) is 14.2. The summed E-state index contributed by atoms with van der Waals surface area (Å²) in [4.78, 5) is 0. The highest BCUT2D eigenvalue weighted by Gasteiger charge is 2.13. The van der Waals surface area contributed by atoms with E-state index in [1.807, 2.05) is 0 Å². The molecule has 0 nitrogen and oxygen atoms in total. The summed E-state index contributed by atoms with van der Waals surface area (Å²) in [5, 5.41) is 0. The Kier molecular flexibility index (Phi) is 5.86. The van der Waals surface area contributed by atoms with Gasteiger partial charge in [-0.2, -0.15) is 0 Å². The van der Waals surface area contributed by atoms with E-state index in [4.69, 9.17) is 0 Å². The molecular weight excluding hydrogens is 240 g/mol. The van der Waals surface area contributed by atoms with Gasteiger partial charge in [-0.3, -0.25) is 0 Å². The molecule has 0 aliphatic carbocycles. The average molecular weight is 265 g/mol. The first-order valence-electron chi connectivity index (χ1n) is 7.70. The molecule has 2 rings (SSSR count). The van der Waals surface area contributed by atoms with Crippen LogP contribution < -0.4 is 0 Å². The summed E-state index contributed by atoms with van der Waals surface area (Å²) >= 11 is 0. The monoisotopic (exact) mass is 265 g/mol. The summed E-state index contributed by atoms with van der Waals surface area (Å²) in [5.74, 6) is 1.28. The second-order valence-corrected chi connectivity index (χ2v) is 5.64. The minimum absolute atomic E-state index is 0.632. The normalized spacial score (nSPS) is 13.9. The quantitative estimate of drug-likeness (QED) is 0.578. The van der Waals surface area contributed by atoms with Crippen molar-refractivity contribution < 1.29 is 0 Å². The third-order valence-corrected chi connectivity index (χ3v) is 4.14. The Bertz CT molecular complexity index is 472. The largest absolute Gasteiger partial charge is 0.0622 e. The number of rotatable bonds is 7. The maximum atomic E-state index is 4.04. The molecule has 2 aromatic rings. The van der Waals surface area contributed by atoms with E-state index in [0.717, 1.165) is 6.42 Å². The molecular formula is C20H25. The lowest BCUT2D eigenvalue weighted by Crippen LogP contribution is -2.02. The number of benzene rings is 2. The van der Waals surface area contributed by atoms with Gasteiger partial charge in [0.25, 0.3) is 0 Å². The SMILES string of the molecule is [CH2]CCC(CCC(C)c1ccccc1)c1ccccc1. The van der Waals surface area contributed by atoms with Crippen LogP contribution in [0, 0.1) is 6.92 Å². The maximum absolute atomic E-state index is 4.04. The Morgan fingerprint density at radius 1 is 0.750 bits per heavy atom. The molecule has 0 saturated heterocycles. The molecule has 0 heteroatoms. The van der Waals surface area contributed by atoms with Crippen LogP contribution in [0.25, 0.3) is 0 Å². The second kappa shape index (κ2) is 7.89. The van der Waals surface area contributed by atoms with Crippen LogP contribution in [-0.2, 0) is 0 Å². The minimum Gasteiger partial charge on any atom is -0.0622 e. The van der Waals surface area contributed by atoms with Crippen molar-refractivity contribution >= 4 is 0 Å². The Morgan fingerprint density at radius 2 is 1.30 bits per heavy atom. The molecule has 2 aromatic carbocycles. The lowest BCUT2D eigenvalue weighted by atomic mass is 9.86. The van der Waals surface area contributed by atoms with Crippen LogP contribution in [0.15, 0.2) is 60.7 Å². The van der Waals surface area contributed by atoms with Crippen LogP contribution in [0.1, 0.15) is 55.6 Å². The predicted octanol–water partition coefficient (Wildman–Crippen LogP) is 5.97. The molecule has 0 aliphatic rings. The maximum Gasteiger partial charge on any atom is -0.0162 e. The van der Waals surface area contributed by atoms with Gasteiger partial charge in [-0.25, -0.2) is 0 Å². The van der Waals surface area contributed by atoms with Crippen LogP contribution in [-0.4, -0.2) is 0 Å². The topological polar surface area (TPSA) is 0 Å². The highest BCUT2D eigenvalue weighted by Crippen LogP contribution is 2.30. The minimum atomic E-state index is 0.632. The molecule has 105 valence electrons. The molecule has 0 heterocycles. The van der Waals surface area contributed by atoms with E-state index in [2.05, 4.69) is 74.5 Å². The summed E-state index contributed by atoms with van der Waals surface area (Å²) in [6, 6.07) is 21.7. The molecule has 20 heavy (non-hydrogen) atoms. The highest BCUT2D eigenvalue weighted by atomic mass is 14.2. The predicted molar refractivity (Wildman–Crippen MR) is 87.9 cm³/mol. The van der Waals surface area contributed by atoms with E-state index in [0.29, 0.717) is 11.8 Å². The lowest BCUT2D eigenvalue weighted by molar-refractivity contribution is 0.522. The van der Waals surface area contributed by atoms with Crippen LogP contribution >= 0.6 is 0 Å². The van der Waals surface area contributed by atoms with Crippen molar-refractivity contribution in [2.45, 2.75) is 44.4 Å². The van der Waals surface area contributed by atoms with Gasteiger partial charge in [-0.15, -0.1) is 0 Å². The fourth-order valence-electron chi connectivity index (χ4n) is 2.85. The van der Waals surface area contributed by atoms with E-state index in [1.54, 1.807) is 0 Å². The summed E-state index contributed by atoms with van der Waals surface area (Å²) < 4.78 is 0. The average Bonchev–Trinajstić information content (AvgIpc) is 2.53. The second-order valence-electron chi connectivity index (χ2n) is 5.64. The van der Waals surface area contributed by atoms with Crippen LogP contribution in [0.5, 0.6) is 0 Å². The molecule has 0 amide bonds. The smallest absolute Gasteiger partial charge is 0.0162 e. The van der Waals surface area contributed by atoms with Crippen molar-refractivity contribution in [3.8, 4) is 0 Å². The molecule has 0 N–H and O–H groups in total. The van der Waals surface area contributed by atoms with Crippen molar-refractivity contribution in [2.24, 2.45) is 0 Å². The molecule has 2 atom stereocenters. The van der Waals surface area contributed by atoms with Gasteiger partial charge in [0.05, 0.1) is 0 Å². The van der Waals surface area contributed by atoms with Crippen LogP contribution in [0.3, 0.4) is 0 Å². The van der Waals surface area contributed by atoms with Gasteiger partial charge < -0.3 is 0 Å². The molecule has 0 fully saturated rings. The molecule has 0 saturated carbocycles. The molecule has 0 aliphatic heterocycles. The Hall–Kier alpha value is -1.56. The van der Waals surface area contributed by atoms with Crippen molar-refractivity contribution in [1.82, 2.24) is 0 Å². The van der Waals surface area contributed by atoms with E-state index in [9.17, 15) is 0 Å². The standard InChI is InChI=1S/C20H25/c1-3-10-19(20-13-8-5-9-14-20)16-15-17(2)18-11-6-4-7-12-18/h4-9,11-14,17,19H,1,3,10,15-16H2,2H3. The molecule has 0 aromatic heterocycles. The fourth-order valence-corrected chi connectivity index (χ4v) is 2.85. The van der Waals surface area contributed by atoms with E-state index >= 15 is 0 Å². The van der Waals surface area contributed by atoms with Gasteiger partial charge in [0.2, 0.25) is 0 Å². The van der Waals surface area contributed by atoms with Gasteiger partial charge in [0, 0.05) is 0 Å². The summed E-state index contributed by atoms with van der Waals surface area (Å²) in [6.45, 7) is 6.37. The molecule has 0 bridgehead atoms. The fraction of sp³-hybridized carbons (Fsp3) is 0.350. The summed E-state index contributed by atoms with van der Waals surface area (Å²) in [7, 11) is 0. The van der Waals surface area contributed by atoms with Gasteiger partial charge >= 0.3 is 0 Å². The number of hydrogen-bond donors (Lipinski definition) is 0. The summed E-state index contributed by atoms with van der Waals surface area (Å²) in [6.07, 6.45) is 4.68. The van der Waals surface area contributed by atoms with Crippen molar-refractivity contribution in [2.75, 3.05) is 0 Å². The Balaban J connectivity index is 1.96. The molecule has 0 spiro atoms. The van der Waals surface area contributed by atoms with Crippen LogP contribution in [0.2, 0.25) is 0 Å². The number of hydrogen-bond acceptors (Lipinski definition) is 0. The zero-order valence-corrected chi connectivity index (χ0v) is 12.5. The van der Waals surface area contributed by atoms with Crippen molar-refractivity contribution in [3.63, 3.8) is 0 Å².